The van der Waals surface area contributed by atoms with Crippen molar-refractivity contribution >= 4 is 11.9 Å². The van der Waals surface area contributed by atoms with Crippen molar-refractivity contribution in [2.75, 3.05) is 0 Å². The molecule has 1 saturated carbocycles. The molecule has 1 unspecified atom stereocenters. The van der Waals surface area contributed by atoms with E-state index in [0.29, 0.717) is 12.4 Å². The highest BCUT2D eigenvalue weighted by Crippen LogP contribution is 2.32. The van der Waals surface area contributed by atoms with Crippen molar-refractivity contribution in [1.82, 2.24) is 10.3 Å². The number of nitrogens with zero attached hydrogens (tertiary/aromatic N) is 1. The average molecular weight is 340 g/mol. The van der Waals surface area contributed by atoms with Crippen LogP contribution in [-0.2, 0) is 22.6 Å². The summed E-state index contributed by atoms with van der Waals surface area (Å²) in [5, 5.41) is 11.8. The van der Waals surface area contributed by atoms with Crippen LogP contribution in [0.15, 0.2) is 48.8 Å². The van der Waals surface area contributed by atoms with Gasteiger partial charge in [0.15, 0.2) is 0 Å². The molecule has 1 aromatic carbocycles. The maximum absolute atomic E-state index is 12.1. The number of hydrogen-bond acceptors (Lipinski definition) is 4. The predicted octanol–water partition coefficient (Wildman–Crippen LogP) is 2.18. The second-order valence-electron chi connectivity index (χ2n) is 6.19. The number of carboxylic acid groups (broad SMARTS) is 1. The van der Waals surface area contributed by atoms with Gasteiger partial charge in [0.1, 0.15) is 18.4 Å². The summed E-state index contributed by atoms with van der Waals surface area (Å²) in [6, 6.07) is 10.2. The first kappa shape index (κ1) is 17.0. The van der Waals surface area contributed by atoms with Gasteiger partial charge in [0.2, 0.25) is 5.91 Å². The number of carboxylic acids is 1. The molecule has 6 nitrogen and oxygen atoms in total. The van der Waals surface area contributed by atoms with E-state index in [2.05, 4.69) is 10.3 Å². The van der Waals surface area contributed by atoms with Crippen LogP contribution in [0.3, 0.4) is 0 Å². The zero-order chi connectivity index (χ0) is 17.6. The lowest BCUT2D eigenvalue weighted by molar-refractivity contribution is -0.142. The number of rotatable bonds is 8. The Morgan fingerprint density at radius 1 is 1.24 bits per heavy atom. The average Bonchev–Trinajstić information content (AvgIpc) is 3.44. The summed E-state index contributed by atoms with van der Waals surface area (Å²) in [5.41, 5.74) is 1.74. The molecular weight excluding hydrogens is 320 g/mol. The second kappa shape index (κ2) is 7.79. The monoisotopic (exact) mass is 340 g/mol. The molecule has 1 atom stereocenters. The maximum Gasteiger partial charge on any atom is 0.326 e. The Balaban J connectivity index is 1.55. The van der Waals surface area contributed by atoms with Crippen LogP contribution in [-0.4, -0.2) is 28.0 Å². The van der Waals surface area contributed by atoms with Crippen molar-refractivity contribution in [3.05, 3.63) is 59.9 Å². The number of carbonyl (C=O) groups excluding carboxylic acids is 1. The quantitative estimate of drug-likeness (QED) is 0.769. The van der Waals surface area contributed by atoms with E-state index in [0.717, 1.165) is 24.0 Å². The van der Waals surface area contributed by atoms with Gasteiger partial charge in [-0.25, -0.2) is 4.79 Å². The highest BCUT2D eigenvalue weighted by atomic mass is 16.5. The van der Waals surface area contributed by atoms with Crippen molar-refractivity contribution in [2.45, 2.75) is 31.9 Å². The Labute approximate surface area is 145 Å². The van der Waals surface area contributed by atoms with Gasteiger partial charge >= 0.3 is 5.97 Å². The predicted molar refractivity (Wildman–Crippen MR) is 91.0 cm³/mol. The summed E-state index contributed by atoms with van der Waals surface area (Å²) in [4.78, 5) is 27.4. The van der Waals surface area contributed by atoms with Gasteiger partial charge in [0.05, 0.1) is 6.42 Å². The molecular formula is C19H20N2O4. The van der Waals surface area contributed by atoms with Crippen molar-refractivity contribution in [1.29, 1.82) is 0 Å². The molecule has 2 N–H and O–H groups in total. The fourth-order valence-corrected chi connectivity index (χ4v) is 2.62. The molecule has 1 aliphatic rings. The van der Waals surface area contributed by atoms with Gasteiger partial charge in [0.25, 0.3) is 0 Å². The molecule has 1 aromatic heterocycles. The van der Waals surface area contributed by atoms with Crippen LogP contribution in [0.4, 0.5) is 0 Å². The minimum atomic E-state index is -0.968. The second-order valence-corrected chi connectivity index (χ2v) is 6.19. The van der Waals surface area contributed by atoms with Crippen LogP contribution in [0.2, 0.25) is 0 Å². The van der Waals surface area contributed by atoms with Gasteiger partial charge in [-0.1, -0.05) is 18.2 Å². The van der Waals surface area contributed by atoms with E-state index < -0.39 is 12.0 Å². The third kappa shape index (κ3) is 5.04. The Hall–Kier alpha value is -2.89. The lowest BCUT2D eigenvalue weighted by atomic mass is 10.1. The smallest absolute Gasteiger partial charge is 0.326 e. The van der Waals surface area contributed by atoms with E-state index >= 15 is 0 Å². The topological polar surface area (TPSA) is 88.5 Å². The largest absolute Gasteiger partial charge is 0.489 e. The molecule has 0 aliphatic heterocycles. The molecule has 1 amide bonds. The van der Waals surface area contributed by atoms with E-state index in [1.807, 2.05) is 30.3 Å². The Kier molecular flexibility index (Phi) is 5.28. The van der Waals surface area contributed by atoms with Crippen LogP contribution < -0.4 is 10.1 Å². The Bertz CT molecular complexity index is 744. The summed E-state index contributed by atoms with van der Waals surface area (Å²) in [6.07, 6.45) is 5.28. The summed E-state index contributed by atoms with van der Waals surface area (Å²) < 4.78 is 5.72. The molecule has 130 valence electrons. The summed E-state index contributed by atoms with van der Waals surface area (Å²) in [5.74, 6) is -0.533. The fraction of sp³-hybridized carbons (Fsp3) is 0.316. The Morgan fingerprint density at radius 2 is 2.04 bits per heavy atom. The number of pyridine rings is 1. The number of ether oxygens (including phenoxy) is 1. The minimum absolute atomic E-state index is 0.0654. The summed E-state index contributed by atoms with van der Waals surface area (Å²) in [7, 11) is 0. The van der Waals surface area contributed by atoms with Gasteiger partial charge in [-0.3, -0.25) is 9.78 Å². The maximum atomic E-state index is 12.1. The lowest BCUT2D eigenvalue weighted by Gasteiger charge is -2.14. The summed E-state index contributed by atoms with van der Waals surface area (Å²) in [6.45, 7) is 0.395. The molecule has 1 aliphatic carbocycles. The standard InChI is InChI=1S/C19H20N2O4/c22-17(21-18(19(23)24)15-6-7-15)10-13-3-1-5-16(9-13)25-12-14-4-2-8-20-11-14/h1-5,8-9,11,15,18H,6-7,10,12H2,(H,21,22)(H,23,24). The van der Waals surface area contributed by atoms with Gasteiger partial charge in [-0.05, 0) is 42.5 Å². The van der Waals surface area contributed by atoms with Crippen LogP contribution in [0.25, 0.3) is 0 Å². The zero-order valence-corrected chi connectivity index (χ0v) is 13.7. The Morgan fingerprint density at radius 3 is 2.72 bits per heavy atom. The number of nitrogens with one attached hydrogen (secondary N) is 1. The normalized spacial score (nSPS) is 14.6. The SMILES string of the molecule is O=C(Cc1cccc(OCc2cccnc2)c1)NC(C(=O)O)C1CC1. The molecule has 1 heterocycles. The lowest BCUT2D eigenvalue weighted by Crippen LogP contribution is -2.43. The van der Waals surface area contributed by atoms with Gasteiger partial charge in [-0.2, -0.15) is 0 Å². The van der Waals surface area contributed by atoms with Crippen LogP contribution >= 0.6 is 0 Å². The minimum Gasteiger partial charge on any atom is -0.489 e. The molecule has 3 rings (SSSR count). The molecule has 0 radical (unpaired) electrons. The fourth-order valence-electron chi connectivity index (χ4n) is 2.62. The van der Waals surface area contributed by atoms with E-state index in [9.17, 15) is 14.7 Å². The third-order valence-electron chi connectivity index (χ3n) is 4.07. The van der Waals surface area contributed by atoms with Crippen LogP contribution in [0, 0.1) is 5.92 Å². The van der Waals surface area contributed by atoms with Gasteiger partial charge < -0.3 is 15.2 Å². The highest BCUT2D eigenvalue weighted by molar-refractivity contribution is 5.85. The zero-order valence-electron chi connectivity index (χ0n) is 13.7. The van der Waals surface area contributed by atoms with Crippen LogP contribution in [0.5, 0.6) is 5.75 Å². The number of aromatic nitrogens is 1. The van der Waals surface area contributed by atoms with E-state index in [4.69, 9.17) is 4.74 Å². The third-order valence-corrected chi connectivity index (χ3v) is 4.07. The van der Waals surface area contributed by atoms with Gasteiger partial charge in [-0.15, -0.1) is 0 Å². The number of hydrogen-bond donors (Lipinski definition) is 2. The van der Waals surface area contributed by atoms with Gasteiger partial charge in [0, 0.05) is 18.0 Å². The molecule has 0 bridgehead atoms. The van der Waals surface area contributed by atoms with Crippen molar-refractivity contribution in [2.24, 2.45) is 5.92 Å². The first-order valence-corrected chi connectivity index (χ1v) is 8.24. The number of amides is 1. The van der Waals surface area contributed by atoms with Crippen molar-refractivity contribution in [3.8, 4) is 5.75 Å². The number of carbonyl (C=O) groups is 2. The summed E-state index contributed by atoms with van der Waals surface area (Å²) >= 11 is 0. The molecule has 2 aromatic rings. The van der Waals surface area contributed by atoms with Crippen molar-refractivity contribution in [3.63, 3.8) is 0 Å². The molecule has 0 spiro atoms. The number of aliphatic carboxylic acids is 1. The van der Waals surface area contributed by atoms with Crippen LogP contribution in [0.1, 0.15) is 24.0 Å². The van der Waals surface area contributed by atoms with E-state index in [-0.39, 0.29) is 18.2 Å². The molecule has 1 fully saturated rings. The van der Waals surface area contributed by atoms with Crippen molar-refractivity contribution < 1.29 is 19.4 Å². The first-order chi connectivity index (χ1) is 12.1. The molecule has 6 heteroatoms. The molecule has 0 saturated heterocycles. The van der Waals surface area contributed by atoms with E-state index in [1.54, 1.807) is 18.5 Å². The molecule has 25 heavy (non-hydrogen) atoms. The van der Waals surface area contributed by atoms with E-state index in [1.165, 1.54) is 0 Å². The number of benzene rings is 1. The first-order valence-electron chi connectivity index (χ1n) is 8.24. The highest BCUT2D eigenvalue weighted by Gasteiger charge is 2.37.